The Labute approximate surface area is 197 Å². The van der Waals surface area contributed by atoms with Gasteiger partial charge in [-0.15, -0.1) is 0 Å². The van der Waals surface area contributed by atoms with E-state index in [1.165, 1.54) is 20.6 Å². The van der Waals surface area contributed by atoms with E-state index in [4.69, 9.17) is 13.9 Å². The number of nitrogens with one attached hydrogen (secondary N) is 1. The van der Waals surface area contributed by atoms with E-state index < -0.39 is 11.9 Å². The van der Waals surface area contributed by atoms with Crippen LogP contribution in [0.4, 0.5) is 5.88 Å². The van der Waals surface area contributed by atoms with Gasteiger partial charge in [0.05, 0.1) is 14.2 Å². The zero-order chi connectivity index (χ0) is 23.7. The lowest BCUT2D eigenvalue weighted by Gasteiger charge is -2.22. The summed E-state index contributed by atoms with van der Waals surface area (Å²) < 4.78 is 16.6. The molecule has 1 heterocycles. The number of methoxy groups -OCH3 is 2. The van der Waals surface area contributed by atoms with Crippen LogP contribution in [0.3, 0.4) is 0 Å². The summed E-state index contributed by atoms with van der Waals surface area (Å²) >= 11 is 0. The van der Waals surface area contributed by atoms with Gasteiger partial charge in [-0.1, -0.05) is 67.8 Å². The quantitative estimate of drug-likeness (QED) is 0.270. The summed E-state index contributed by atoms with van der Waals surface area (Å²) in [5.41, 5.74) is 0.900. The second-order valence-corrected chi connectivity index (χ2v) is 8.67. The molecule has 1 fully saturated rings. The van der Waals surface area contributed by atoms with Crippen molar-refractivity contribution in [3.05, 3.63) is 65.7 Å². The molecule has 4 aromatic rings. The minimum absolute atomic E-state index is 0.0759. The molecule has 1 aliphatic carbocycles. The van der Waals surface area contributed by atoms with Crippen molar-refractivity contribution in [1.82, 2.24) is 0 Å². The Kier molecular flexibility index (Phi) is 5.97. The summed E-state index contributed by atoms with van der Waals surface area (Å²) in [6.45, 7) is 0. The summed E-state index contributed by atoms with van der Waals surface area (Å²) in [4.78, 5) is 26.1. The molecule has 6 nitrogen and oxygen atoms in total. The molecule has 0 radical (unpaired) electrons. The van der Waals surface area contributed by atoms with Crippen LogP contribution in [0.25, 0.3) is 32.9 Å². The van der Waals surface area contributed by atoms with Crippen LogP contribution < -0.4 is 5.32 Å². The fraction of sp³-hybridized carbons (Fsp3) is 0.286. The van der Waals surface area contributed by atoms with E-state index in [0.717, 1.165) is 52.8 Å². The molecule has 6 heteroatoms. The molecule has 1 saturated carbocycles. The number of hydrogen-bond acceptors (Lipinski definition) is 6. The molecule has 0 saturated heterocycles. The van der Waals surface area contributed by atoms with Gasteiger partial charge in [-0.3, -0.25) is 0 Å². The molecule has 0 amide bonds. The number of carbonyl (C=O) groups is 2. The summed E-state index contributed by atoms with van der Waals surface area (Å²) in [6, 6.07) is 18.1. The van der Waals surface area contributed by atoms with Gasteiger partial charge in [0, 0.05) is 11.6 Å². The summed E-state index contributed by atoms with van der Waals surface area (Å²) in [7, 11) is 2.60. The van der Waals surface area contributed by atoms with Crippen molar-refractivity contribution in [2.45, 2.75) is 38.1 Å². The van der Waals surface area contributed by atoms with E-state index in [-0.39, 0.29) is 23.1 Å². The van der Waals surface area contributed by atoms with Gasteiger partial charge in [0.2, 0.25) is 5.88 Å². The van der Waals surface area contributed by atoms with Crippen molar-refractivity contribution >= 4 is 39.4 Å². The molecule has 0 unspecified atom stereocenters. The zero-order valence-corrected chi connectivity index (χ0v) is 19.4. The lowest BCUT2D eigenvalue weighted by atomic mass is 9.93. The second-order valence-electron chi connectivity index (χ2n) is 8.67. The van der Waals surface area contributed by atoms with Crippen LogP contribution in [0.1, 0.15) is 52.8 Å². The highest BCUT2D eigenvalue weighted by molar-refractivity contribution is 6.17. The van der Waals surface area contributed by atoms with Crippen molar-refractivity contribution in [2.75, 3.05) is 19.5 Å². The first kappa shape index (κ1) is 22.0. The van der Waals surface area contributed by atoms with E-state index >= 15 is 0 Å². The van der Waals surface area contributed by atoms with Crippen molar-refractivity contribution < 1.29 is 23.5 Å². The highest BCUT2D eigenvalue weighted by Gasteiger charge is 2.34. The predicted octanol–water partition coefficient (Wildman–Crippen LogP) is 6.57. The lowest BCUT2D eigenvalue weighted by molar-refractivity contribution is 0.0558. The van der Waals surface area contributed by atoms with Crippen molar-refractivity contribution in [1.29, 1.82) is 0 Å². The van der Waals surface area contributed by atoms with Gasteiger partial charge in [0.15, 0.2) is 5.76 Å². The number of hydrogen-bond donors (Lipinski definition) is 1. The minimum atomic E-state index is -0.646. The Morgan fingerprint density at radius 3 is 1.97 bits per heavy atom. The van der Waals surface area contributed by atoms with Crippen molar-refractivity contribution in [3.8, 4) is 11.3 Å². The average molecular weight is 458 g/mol. The molecule has 1 N–H and O–H groups in total. The monoisotopic (exact) mass is 457 g/mol. The van der Waals surface area contributed by atoms with E-state index in [0.29, 0.717) is 5.76 Å². The van der Waals surface area contributed by atoms with Crippen LogP contribution >= 0.6 is 0 Å². The summed E-state index contributed by atoms with van der Waals surface area (Å²) in [5, 5.41) is 7.24. The molecule has 0 bridgehead atoms. The Morgan fingerprint density at radius 2 is 1.38 bits per heavy atom. The number of anilines is 1. The number of esters is 2. The molecule has 1 aliphatic rings. The summed E-state index contributed by atoms with van der Waals surface area (Å²) in [6.07, 6.45) is 5.36. The number of rotatable bonds is 5. The highest BCUT2D eigenvalue weighted by atomic mass is 16.5. The first-order chi connectivity index (χ1) is 16.6. The summed E-state index contributed by atoms with van der Waals surface area (Å²) in [5.74, 6) is -0.726. The van der Waals surface area contributed by atoms with Crippen LogP contribution in [0.15, 0.2) is 59.0 Å². The third-order valence-electron chi connectivity index (χ3n) is 6.63. The van der Waals surface area contributed by atoms with Gasteiger partial charge in [-0.25, -0.2) is 9.59 Å². The topological polar surface area (TPSA) is 77.8 Å². The third kappa shape index (κ3) is 3.79. The number of carbonyl (C=O) groups excluding carboxylic acids is 2. The fourth-order valence-electron chi connectivity index (χ4n) is 4.99. The van der Waals surface area contributed by atoms with Crippen LogP contribution in [0.5, 0.6) is 0 Å². The molecule has 0 atom stereocenters. The van der Waals surface area contributed by atoms with Crippen molar-refractivity contribution in [3.63, 3.8) is 0 Å². The Hall–Kier alpha value is -3.80. The van der Waals surface area contributed by atoms with Crippen LogP contribution in [-0.2, 0) is 9.47 Å². The molecule has 34 heavy (non-hydrogen) atoms. The van der Waals surface area contributed by atoms with E-state index in [2.05, 4.69) is 11.4 Å². The first-order valence-corrected chi connectivity index (χ1v) is 11.6. The van der Waals surface area contributed by atoms with Gasteiger partial charge in [0.25, 0.3) is 0 Å². The van der Waals surface area contributed by atoms with Crippen LogP contribution in [0.2, 0.25) is 0 Å². The van der Waals surface area contributed by atoms with E-state index in [1.54, 1.807) is 0 Å². The van der Waals surface area contributed by atoms with Gasteiger partial charge in [-0.2, -0.15) is 0 Å². The van der Waals surface area contributed by atoms with Gasteiger partial charge in [-0.05, 0) is 40.5 Å². The largest absolute Gasteiger partial charge is 0.465 e. The normalized spacial score (nSPS) is 14.3. The van der Waals surface area contributed by atoms with E-state index in [1.807, 2.05) is 48.5 Å². The van der Waals surface area contributed by atoms with E-state index in [9.17, 15) is 9.59 Å². The highest BCUT2D eigenvalue weighted by Crippen LogP contribution is 2.43. The Morgan fingerprint density at radius 1 is 0.824 bits per heavy atom. The molecule has 5 rings (SSSR count). The van der Waals surface area contributed by atoms with Crippen LogP contribution in [0, 0.1) is 0 Å². The Bertz CT molecular complexity index is 1330. The molecule has 3 aromatic carbocycles. The second kappa shape index (κ2) is 9.21. The Balaban J connectivity index is 1.83. The molecular weight excluding hydrogens is 430 g/mol. The molecule has 174 valence electrons. The maximum absolute atomic E-state index is 13.1. The smallest absolute Gasteiger partial charge is 0.344 e. The van der Waals surface area contributed by atoms with Crippen molar-refractivity contribution in [2.24, 2.45) is 0 Å². The van der Waals surface area contributed by atoms with Crippen LogP contribution in [-0.4, -0.2) is 32.2 Å². The number of benzene rings is 3. The maximum atomic E-state index is 13.1. The molecule has 1 aromatic heterocycles. The van der Waals surface area contributed by atoms with Gasteiger partial charge >= 0.3 is 11.9 Å². The average Bonchev–Trinajstić information content (AvgIpc) is 3.25. The first-order valence-electron chi connectivity index (χ1n) is 11.6. The van der Waals surface area contributed by atoms with Gasteiger partial charge < -0.3 is 19.2 Å². The standard InChI is InChI=1S/C28H27NO5/c1-32-27(30)23-24(28(31)33-2)26(29-19-12-4-3-5-13-19)34-25(23)22-20-14-8-6-10-17(20)16-18-11-7-9-15-21(18)22/h6-11,14-16,19,29H,3-5,12-13H2,1-2H3. The van der Waals surface area contributed by atoms with Gasteiger partial charge in [0.1, 0.15) is 11.1 Å². The molecule has 0 spiro atoms. The third-order valence-corrected chi connectivity index (χ3v) is 6.63. The molecular formula is C28H27NO5. The SMILES string of the molecule is COC(=O)c1c(NC2CCCCC2)oc(-c2c3ccccc3cc3ccccc23)c1C(=O)OC. The number of fused-ring (bicyclic) bond motifs is 2. The zero-order valence-electron chi connectivity index (χ0n) is 19.4. The molecule has 0 aliphatic heterocycles. The number of ether oxygens (including phenoxy) is 2. The lowest BCUT2D eigenvalue weighted by Crippen LogP contribution is -2.23. The fourth-order valence-corrected chi connectivity index (χ4v) is 4.99. The maximum Gasteiger partial charge on any atom is 0.344 e. The number of furan rings is 1. The predicted molar refractivity (Wildman–Crippen MR) is 132 cm³/mol. The minimum Gasteiger partial charge on any atom is -0.465 e.